The number of rotatable bonds is 1. The third-order valence-electron chi connectivity index (χ3n) is 3.76. The molecule has 1 rings (SSSR count). The SMILES string of the molecule is CC(C)(C)[N+]1(C(=O)O)CCN(C(=O)O)C(C(=O)O)C1. The van der Waals surface area contributed by atoms with E-state index in [0.717, 1.165) is 4.90 Å². The minimum atomic E-state index is -1.35. The van der Waals surface area contributed by atoms with Crippen molar-refractivity contribution in [1.29, 1.82) is 0 Å². The second kappa shape index (κ2) is 4.69. The van der Waals surface area contributed by atoms with E-state index in [9.17, 15) is 19.5 Å². The van der Waals surface area contributed by atoms with Crippen molar-refractivity contribution < 1.29 is 34.2 Å². The summed E-state index contributed by atoms with van der Waals surface area (Å²) in [6.07, 6.45) is -2.48. The molecule has 0 spiro atoms. The van der Waals surface area contributed by atoms with Gasteiger partial charge in [-0.2, -0.15) is 4.79 Å². The second-order valence-electron chi connectivity index (χ2n) is 5.66. The number of quaternary nitrogens is 1. The van der Waals surface area contributed by atoms with Gasteiger partial charge in [0.25, 0.3) is 0 Å². The van der Waals surface area contributed by atoms with Crippen molar-refractivity contribution in [2.24, 2.45) is 0 Å². The molecule has 19 heavy (non-hydrogen) atoms. The Morgan fingerprint density at radius 1 is 1.16 bits per heavy atom. The summed E-state index contributed by atoms with van der Waals surface area (Å²) in [6.45, 7) is 4.77. The van der Waals surface area contributed by atoms with E-state index in [-0.39, 0.29) is 19.6 Å². The highest BCUT2D eigenvalue weighted by molar-refractivity contribution is 5.80. The number of hydrogen-bond acceptors (Lipinski definition) is 3. The third-order valence-corrected chi connectivity index (χ3v) is 3.76. The van der Waals surface area contributed by atoms with E-state index in [1.54, 1.807) is 20.8 Å². The maximum Gasteiger partial charge on any atom is 0.514 e. The third kappa shape index (κ3) is 2.48. The van der Waals surface area contributed by atoms with E-state index in [0.29, 0.717) is 0 Å². The monoisotopic (exact) mass is 275 g/mol. The highest BCUT2D eigenvalue weighted by Crippen LogP contribution is 2.30. The normalized spacial score (nSPS) is 27.9. The van der Waals surface area contributed by atoms with Crippen LogP contribution in [0.3, 0.4) is 0 Å². The predicted octanol–water partition coefficient (Wildman–Crippen LogP) is 0.726. The largest absolute Gasteiger partial charge is 0.514 e. The summed E-state index contributed by atoms with van der Waals surface area (Å²) in [5, 5.41) is 27.6. The smallest absolute Gasteiger partial charge is 0.480 e. The van der Waals surface area contributed by atoms with Crippen molar-refractivity contribution in [3.63, 3.8) is 0 Å². The Morgan fingerprint density at radius 2 is 1.68 bits per heavy atom. The van der Waals surface area contributed by atoms with E-state index in [2.05, 4.69) is 0 Å². The lowest BCUT2D eigenvalue weighted by Crippen LogP contribution is -2.73. The van der Waals surface area contributed by atoms with E-state index in [1.807, 2.05) is 0 Å². The fourth-order valence-corrected chi connectivity index (χ4v) is 2.43. The van der Waals surface area contributed by atoms with Crippen LogP contribution >= 0.6 is 0 Å². The zero-order valence-electron chi connectivity index (χ0n) is 11.2. The van der Waals surface area contributed by atoms with Gasteiger partial charge < -0.3 is 15.3 Å². The molecule has 1 aliphatic heterocycles. The lowest BCUT2D eigenvalue weighted by Gasteiger charge is -2.49. The van der Waals surface area contributed by atoms with Gasteiger partial charge in [0.15, 0.2) is 6.04 Å². The Hall–Kier alpha value is -1.83. The number of carbonyl (C=O) groups is 3. The Balaban J connectivity index is 3.19. The summed E-state index contributed by atoms with van der Waals surface area (Å²) in [5.74, 6) is -1.32. The molecule has 0 aromatic heterocycles. The van der Waals surface area contributed by atoms with Gasteiger partial charge in [0.1, 0.15) is 18.6 Å². The first-order valence-corrected chi connectivity index (χ1v) is 5.86. The molecule has 0 radical (unpaired) electrons. The predicted molar refractivity (Wildman–Crippen MR) is 63.9 cm³/mol. The van der Waals surface area contributed by atoms with Crippen LogP contribution in [0.15, 0.2) is 0 Å². The first-order valence-electron chi connectivity index (χ1n) is 5.86. The van der Waals surface area contributed by atoms with Gasteiger partial charge in [0, 0.05) is 0 Å². The van der Waals surface area contributed by atoms with Gasteiger partial charge in [-0.25, -0.2) is 14.1 Å². The molecule has 0 bridgehead atoms. The Morgan fingerprint density at radius 3 is 2.00 bits per heavy atom. The van der Waals surface area contributed by atoms with Crippen LogP contribution in [-0.2, 0) is 4.79 Å². The first kappa shape index (κ1) is 15.2. The fraction of sp³-hybridized carbons (Fsp3) is 0.727. The number of carboxylic acid groups (broad SMARTS) is 3. The van der Waals surface area contributed by atoms with E-state index < -0.39 is 34.2 Å². The summed E-state index contributed by atoms with van der Waals surface area (Å²) in [6, 6.07) is -1.35. The average molecular weight is 275 g/mol. The molecule has 3 N–H and O–H groups in total. The van der Waals surface area contributed by atoms with Crippen LogP contribution in [0, 0.1) is 0 Å². The van der Waals surface area contributed by atoms with Crippen molar-refractivity contribution in [2.45, 2.75) is 32.4 Å². The standard InChI is InChI=1S/C11H18N2O6/c1-11(2,3)13(10(18)19)5-4-12(9(16)17)7(6-13)8(14)15/h7H,4-6H2,1-3H3,(H2-,14,15,16,17,18,19)/p+1. The number of nitrogens with zero attached hydrogens (tertiary/aromatic N) is 2. The maximum atomic E-state index is 11.6. The van der Waals surface area contributed by atoms with Crippen molar-refractivity contribution in [3.05, 3.63) is 0 Å². The molecule has 1 fully saturated rings. The Bertz CT molecular complexity index is 416. The highest BCUT2D eigenvalue weighted by Gasteiger charge is 2.55. The minimum Gasteiger partial charge on any atom is -0.480 e. The van der Waals surface area contributed by atoms with Crippen LogP contribution in [-0.4, -0.2) is 74.1 Å². The fourth-order valence-electron chi connectivity index (χ4n) is 2.43. The topological polar surface area (TPSA) is 115 Å². The van der Waals surface area contributed by atoms with Crippen molar-refractivity contribution >= 4 is 18.2 Å². The van der Waals surface area contributed by atoms with E-state index in [1.165, 1.54) is 0 Å². The van der Waals surface area contributed by atoms with Crippen molar-refractivity contribution in [2.75, 3.05) is 19.6 Å². The maximum absolute atomic E-state index is 11.6. The second-order valence-corrected chi connectivity index (χ2v) is 5.66. The lowest BCUT2D eigenvalue weighted by molar-refractivity contribution is -0.908. The molecule has 8 heteroatoms. The van der Waals surface area contributed by atoms with Crippen LogP contribution in [0.1, 0.15) is 20.8 Å². The number of amides is 2. The molecule has 2 unspecified atom stereocenters. The van der Waals surface area contributed by atoms with Gasteiger partial charge in [-0.05, 0) is 20.8 Å². The molecule has 108 valence electrons. The first-order chi connectivity index (χ1) is 8.53. The number of aliphatic carboxylic acids is 1. The van der Waals surface area contributed by atoms with Crippen LogP contribution in [0.4, 0.5) is 9.59 Å². The molecular formula is C11H19N2O6+. The van der Waals surface area contributed by atoms with Gasteiger partial charge >= 0.3 is 18.2 Å². The molecule has 1 saturated heterocycles. The molecule has 0 aromatic rings. The molecule has 2 amide bonds. The molecule has 0 aromatic carbocycles. The van der Waals surface area contributed by atoms with Gasteiger partial charge in [0.2, 0.25) is 0 Å². The lowest BCUT2D eigenvalue weighted by atomic mass is 9.97. The molecule has 8 nitrogen and oxygen atoms in total. The quantitative estimate of drug-likeness (QED) is 0.607. The summed E-state index contributed by atoms with van der Waals surface area (Å²) >= 11 is 0. The number of carboxylic acids is 1. The molecule has 2 atom stereocenters. The average Bonchev–Trinajstić information content (AvgIpc) is 2.25. The summed E-state index contributed by atoms with van der Waals surface area (Å²) in [7, 11) is 0. The number of piperazine rings is 1. The Labute approximate surface area is 110 Å². The van der Waals surface area contributed by atoms with Gasteiger partial charge in [0.05, 0.1) is 6.54 Å². The minimum absolute atomic E-state index is 0.0505. The van der Waals surface area contributed by atoms with Crippen LogP contribution in [0.25, 0.3) is 0 Å². The zero-order valence-corrected chi connectivity index (χ0v) is 11.2. The van der Waals surface area contributed by atoms with Gasteiger partial charge in [-0.3, -0.25) is 4.90 Å². The van der Waals surface area contributed by atoms with Crippen LogP contribution in [0.2, 0.25) is 0 Å². The molecule has 0 saturated carbocycles. The van der Waals surface area contributed by atoms with E-state index in [4.69, 9.17) is 10.2 Å². The molecular weight excluding hydrogens is 256 g/mol. The summed E-state index contributed by atoms with van der Waals surface area (Å²) < 4.78 is -0.465. The highest BCUT2D eigenvalue weighted by atomic mass is 16.4. The van der Waals surface area contributed by atoms with Crippen molar-refractivity contribution in [3.8, 4) is 0 Å². The zero-order chi connectivity index (χ0) is 15.0. The van der Waals surface area contributed by atoms with E-state index >= 15 is 0 Å². The molecule has 1 heterocycles. The van der Waals surface area contributed by atoms with Gasteiger partial charge in [-0.1, -0.05) is 0 Å². The summed E-state index contributed by atoms with van der Waals surface area (Å²) in [5.41, 5.74) is -0.718. The van der Waals surface area contributed by atoms with Crippen molar-refractivity contribution in [1.82, 2.24) is 4.90 Å². The van der Waals surface area contributed by atoms with Crippen LogP contribution < -0.4 is 0 Å². The molecule has 1 aliphatic rings. The Kier molecular flexibility index (Phi) is 3.76. The molecule has 0 aliphatic carbocycles. The number of hydrogen-bond donors (Lipinski definition) is 3. The van der Waals surface area contributed by atoms with Crippen LogP contribution in [0.5, 0.6) is 0 Å². The summed E-state index contributed by atoms with van der Waals surface area (Å²) in [4.78, 5) is 34.6. The van der Waals surface area contributed by atoms with Gasteiger partial charge in [-0.15, -0.1) is 0 Å².